The highest BCUT2D eigenvalue weighted by molar-refractivity contribution is 5.80. The first-order valence-corrected chi connectivity index (χ1v) is 5.40. The number of fused-ring (bicyclic) bond motifs is 1. The fraction of sp³-hybridized carbons (Fsp3) is 0.417. The standard InChI is InChI=1S/C12H14N2O/c1-2-4-9(5-3-1)6-12-14-10-7-13-8-11(10)15-12/h1-5,10-11,13H,6-8H2. The molecule has 0 amide bonds. The van der Waals surface area contributed by atoms with E-state index in [1.54, 1.807) is 0 Å². The van der Waals surface area contributed by atoms with Gasteiger partial charge >= 0.3 is 0 Å². The van der Waals surface area contributed by atoms with Crippen molar-refractivity contribution in [3.8, 4) is 0 Å². The molecule has 3 heteroatoms. The lowest BCUT2D eigenvalue weighted by atomic mass is 10.1. The summed E-state index contributed by atoms with van der Waals surface area (Å²) in [7, 11) is 0. The second-order valence-electron chi connectivity index (χ2n) is 4.07. The summed E-state index contributed by atoms with van der Waals surface area (Å²) in [4.78, 5) is 4.58. The molecule has 0 radical (unpaired) electrons. The molecule has 1 fully saturated rings. The van der Waals surface area contributed by atoms with Crippen LogP contribution in [0.1, 0.15) is 5.56 Å². The molecule has 2 atom stereocenters. The van der Waals surface area contributed by atoms with Crippen molar-refractivity contribution in [2.45, 2.75) is 18.6 Å². The maximum absolute atomic E-state index is 5.78. The average molecular weight is 202 g/mol. The number of nitrogens with one attached hydrogen (secondary N) is 1. The number of benzene rings is 1. The molecule has 3 rings (SSSR count). The van der Waals surface area contributed by atoms with E-state index < -0.39 is 0 Å². The fourth-order valence-corrected chi connectivity index (χ4v) is 2.14. The van der Waals surface area contributed by atoms with Crippen molar-refractivity contribution in [1.82, 2.24) is 5.32 Å². The molecule has 3 nitrogen and oxygen atoms in total. The Morgan fingerprint density at radius 3 is 2.93 bits per heavy atom. The van der Waals surface area contributed by atoms with E-state index in [0.717, 1.165) is 25.4 Å². The molecule has 2 aliphatic heterocycles. The van der Waals surface area contributed by atoms with Crippen LogP contribution in [0.15, 0.2) is 35.3 Å². The number of aliphatic imine (C=N–C) groups is 1. The smallest absolute Gasteiger partial charge is 0.188 e. The molecule has 78 valence electrons. The van der Waals surface area contributed by atoms with Crippen LogP contribution >= 0.6 is 0 Å². The van der Waals surface area contributed by atoms with Gasteiger partial charge in [-0.1, -0.05) is 30.3 Å². The zero-order chi connectivity index (χ0) is 10.1. The average Bonchev–Trinajstić information content (AvgIpc) is 2.79. The molecule has 15 heavy (non-hydrogen) atoms. The second-order valence-corrected chi connectivity index (χ2v) is 4.07. The van der Waals surface area contributed by atoms with Gasteiger partial charge in [0.2, 0.25) is 0 Å². The van der Waals surface area contributed by atoms with Gasteiger partial charge in [0.1, 0.15) is 12.1 Å². The van der Waals surface area contributed by atoms with Gasteiger partial charge < -0.3 is 10.1 Å². The van der Waals surface area contributed by atoms with Gasteiger partial charge in [-0.3, -0.25) is 0 Å². The molecule has 1 N–H and O–H groups in total. The number of rotatable bonds is 2. The zero-order valence-corrected chi connectivity index (χ0v) is 8.52. The molecule has 2 aliphatic rings. The molecule has 0 saturated carbocycles. The predicted octanol–water partition coefficient (Wildman–Crippen LogP) is 0.998. The maximum Gasteiger partial charge on any atom is 0.188 e. The normalized spacial score (nSPS) is 28.4. The highest BCUT2D eigenvalue weighted by Crippen LogP contribution is 2.18. The van der Waals surface area contributed by atoms with E-state index in [4.69, 9.17) is 4.74 Å². The maximum atomic E-state index is 5.78. The molecule has 2 heterocycles. The van der Waals surface area contributed by atoms with Gasteiger partial charge in [0.05, 0.1) is 0 Å². The Hall–Kier alpha value is -1.35. The minimum atomic E-state index is 0.281. The van der Waals surface area contributed by atoms with E-state index in [2.05, 4.69) is 22.4 Å². The van der Waals surface area contributed by atoms with Crippen LogP contribution in [0, 0.1) is 0 Å². The quantitative estimate of drug-likeness (QED) is 0.776. The Morgan fingerprint density at radius 1 is 1.27 bits per heavy atom. The summed E-state index contributed by atoms with van der Waals surface area (Å²) in [5, 5.41) is 3.28. The van der Waals surface area contributed by atoms with Crippen molar-refractivity contribution < 1.29 is 4.74 Å². The van der Waals surface area contributed by atoms with Crippen LogP contribution < -0.4 is 5.32 Å². The molecule has 1 saturated heterocycles. The summed E-state index contributed by atoms with van der Waals surface area (Å²) in [5.41, 5.74) is 1.27. The molecular formula is C12H14N2O. The third-order valence-corrected chi connectivity index (χ3v) is 2.92. The van der Waals surface area contributed by atoms with Gasteiger partial charge in [-0.25, -0.2) is 4.99 Å². The van der Waals surface area contributed by atoms with Crippen LogP contribution in [0.5, 0.6) is 0 Å². The minimum absolute atomic E-state index is 0.281. The monoisotopic (exact) mass is 202 g/mol. The Kier molecular flexibility index (Phi) is 2.18. The summed E-state index contributed by atoms with van der Waals surface area (Å²) < 4.78 is 5.78. The van der Waals surface area contributed by atoms with Crippen molar-refractivity contribution in [2.24, 2.45) is 4.99 Å². The van der Waals surface area contributed by atoms with Gasteiger partial charge in [-0.2, -0.15) is 0 Å². The molecular weight excluding hydrogens is 188 g/mol. The van der Waals surface area contributed by atoms with E-state index in [9.17, 15) is 0 Å². The topological polar surface area (TPSA) is 33.6 Å². The Balaban J connectivity index is 1.70. The first-order valence-electron chi connectivity index (χ1n) is 5.40. The number of ether oxygens (including phenoxy) is 1. The SMILES string of the molecule is c1ccc(CC2=NC3CNCC3O2)cc1. The lowest BCUT2D eigenvalue weighted by Gasteiger charge is -2.07. The Bertz CT molecular complexity index is 374. The fourth-order valence-electron chi connectivity index (χ4n) is 2.14. The number of nitrogens with zero attached hydrogens (tertiary/aromatic N) is 1. The highest BCUT2D eigenvalue weighted by atomic mass is 16.5. The molecule has 0 bridgehead atoms. The third-order valence-electron chi connectivity index (χ3n) is 2.92. The molecule has 0 aromatic heterocycles. The van der Waals surface area contributed by atoms with Crippen molar-refractivity contribution >= 4 is 5.90 Å². The van der Waals surface area contributed by atoms with E-state index in [-0.39, 0.29) is 6.10 Å². The summed E-state index contributed by atoms with van der Waals surface area (Å²) in [6.45, 7) is 1.90. The van der Waals surface area contributed by atoms with Crippen LogP contribution in [0.25, 0.3) is 0 Å². The second kappa shape index (κ2) is 3.66. The molecule has 1 aromatic carbocycles. The van der Waals surface area contributed by atoms with Gasteiger partial charge in [0, 0.05) is 19.5 Å². The first-order chi connectivity index (χ1) is 7.42. The van der Waals surface area contributed by atoms with Crippen molar-refractivity contribution in [3.05, 3.63) is 35.9 Å². The van der Waals surface area contributed by atoms with Gasteiger partial charge in [-0.15, -0.1) is 0 Å². The molecule has 1 aromatic rings. The van der Waals surface area contributed by atoms with Crippen molar-refractivity contribution in [1.29, 1.82) is 0 Å². The first kappa shape index (κ1) is 8.92. The van der Waals surface area contributed by atoms with E-state index in [1.807, 2.05) is 18.2 Å². The van der Waals surface area contributed by atoms with Crippen molar-refractivity contribution in [2.75, 3.05) is 13.1 Å². The minimum Gasteiger partial charge on any atom is -0.474 e. The summed E-state index contributed by atoms with van der Waals surface area (Å²) in [6.07, 6.45) is 1.11. The van der Waals surface area contributed by atoms with Gasteiger partial charge in [0.15, 0.2) is 5.90 Å². The van der Waals surface area contributed by atoms with E-state index in [1.165, 1.54) is 5.56 Å². The van der Waals surface area contributed by atoms with Crippen LogP contribution in [0.4, 0.5) is 0 Å². The van der Waals surface area contributed by atoms with E-state index >= 15 is 0 Å². The lowest BCUT2D eigenvalue weighted by molar-refractivity contribution is 0.220. The molecule has 2 unspecified atom stereocenters. The van der Waals surface area contributed by atoms with Crippen LogP contribution in [0.3, 0.4) is 0 Å². The lowest BCUT2D eigenvalue weighted by Crippen LogP contribution is -2.20. The summed E-state index contributed by atoms with van der Waals surface area (Å²) >= 11 is 0. The van der Waals surface area contributed by atoms with Gasteiger partial charge in [-0.05, 0) is 5.56 Å². The zero-order valence-electron chi connectivity index (χ0n) is 8.52. The van der Waals surface area contributed by atoms with Gasteiger partial charge in [0.25, 0.3) is 0 Å². The Labute approximate surface area is 89.2 Å². The predicted molar refractivity (Wildman–Crippen MR) is 59.1 cm³/mol. The summed E-state index contributed by atoms with van der Waals surface area (Å²) in [6, 6.07) is 10.7. The van der Waals surface area contributed by atoms with Crippen LogP contribution in [-0.4, -0.2) is 31.1 Å². The van der Waals surface area contributed by atoms with Crippen LogP contribution in [-0.2, 0) is 11.2 Å². The van der Waals surface area contributed by atoms with E-state index in [0.29, 0.717) is 6.04 Å². The number of hydrogen-bond acceptors (Lipinski definition) is 3. The third kappa shape index (κ3) is 1.75. The largest absolute Gasteiger partial charge is 0.474 e. The van der Waals surface area contributed by atoms with Crippen molar-refractivity contribution in [3.63, 3.8) is 0 Å². The number of hydrogen-bond donors (Lipinski definition) is 1. The summed E-state index contributed by atoms with van der Waals surface area (Å²) in [5.74, 6) is 0.901. The molecule has 0 spiro atoms. The highest BCUT2D eigenvalue weighted by Gasteiger charge is 2.34. The molecule has 0 aliphatic carbocycles. The van der Waals surface area contributed by atoms with Crippen LogP contribution in [0.2, 0.25) is 0 Å². The Morgan fingerprint density at radius 2 is 2.13 bits per heavy atom.